The average molecular weight is 353 g/mol. The predicted octanol–water partition coefficient (Wildman–Crippen LogP) is 2.54. The molecule has 0 radical (unpaired) electrons. The minimum Gasteiger partial charge on any atom is -0.497 e. The van der Waals surface area contributed by atoms with E-state index in [1.165, 1.54) is 0 Å². The summed E-state index contributed by atoms with van der Waals surface area (Å²) in [6.07, 6.45) is 4.23. The largest absolute Gasteiger partial charge is 0.497 e. The summed E-state index contributed by atoms with van der Waals surface area (Å²) in [5.74, 6) is 1.75. The number of anilines is 1. The smallest absolute Gasteiger partial charge is 0.246 e. The topological polar surface area (TPSA) is 62.2 Å². The summed E-state index contributed by atoms with van der Waals surface area (Å²) in [5, 5.41) is 0. The number of aliphatic imine (C=N–C) groups is 1. The van der Waals surface area contributed by atoms with E-state index in [2.05, 4.69) is 0 Å². The normalized spacial score (nSPS) is 20.9. The van der Waals surface area contributed by atoms with E-state index in [0.717, 1.165) is 54.2 Å². The van der Waals surface area contributed by atoms with E-state index in [1.54, 1.807) is 12.0 Å². The molecule has 1 aromatic rings. The number of amidine groups is 1. The van der Waals surface area contributed by atoms with Gasteiger partial charge >= 0.3 is 0 Å². The molecule has 6 nitrogen and oxygen atoms in total. The summed E-state index contributed by atoms with van der Waals surface area (Å²) in [6, 6.07) is 7.51. The second-order valence-corrected chi connectivity index (χ2v) is 6.93. The number of carbonyl (C=O) groups excluding carboxylic acids is 2. The highest BCUT2D eigenvalue weighted by Crippen LogP contribution is 2.31. The lowest BCUT2D eigenvalue weighted by atomic mass is 9.90. The zero-order chi connectivity index (χ0) is 18.1. The van der Waals surface area contributed by atoms with Crippen molar-refractivity contribution in [2.24, 2.45) is 4.99 Å². The molecular weight excluding hydrogens is 330 g/mol. The molecule has 0 bridgehead atoms. The number of hydrogen-bond acceptors (Lipinski definition) is 5. The van der Waals surface area contributed by atoms with Crippen molar-refractivity contribution in [1.82, 2.24) is 4.90 Å². The first-order valence-electron chi connectivity index (χ1n) is 9.18. The molecule has 26 heavy (non-hydrogen) atoms. The van der Waals surface area contributed by atoms with Gasteiger partial charge in [-0.05, 0) is 49.9 Å². The van der Waals surface area contributed by atoms with Crippen molar-refractivity contribution in [3.63, 3.8) is 0 Å². The molecule has 3 aliphatic rings. The molecule has 1 saturated heterocycles. The van der Waals surface area contributed by atoms with Crippen LogP contribution in [-0.2, 0) is 9.59 Å². The van der Waals surface area contributed by atoms with Gasteiger partial charge in [-0.1, -0.05) is 0 Å². The highest BCUT2D eigenvalue weighted by molar-refractivity contribution is 6.12. The molecule has 0 atom stereocenters. The molecule has 6 heteroatoms. The van der Waals surface area contributed by atoms with E-state index < -0.39 is 0 Å². The van der Waals surface area contributed by atoms with E-state index in [1.807, 2.05) is 29.2 Å². The molecule has 0 aromatic heterocycles. The Morgan fingerprint density at radius 1 is 1.04 bits per heavy atom. The number of ether oxygens (including phenoxy) is 1. The van der Waals surface area contributed by atoms with E-state index in [0.29, 0.717) is 19.5 Å². The van der Waals surface area contributed by atoms with Crippen LogP contribution in [0.2, 0.25) is 0 Å². The van der Waals surface area contributed by atoms with Crippen LogP contribution in [0.15, 0.2) is 40.5 Å². The first kappa shape index (κ1) is 16.8. The molecule has 0 spiro atoms. The molecule has 1 amide bonds. The third-order valence-corrected chi connectivity index (χ3v) is 5.33. The summed E-state index contributed by atoms with van der Waals surface area (Å²) in [5.41, 5.74) is 2.74. The van der Waals surface area contributed by atoms with Crippen molar-refractivity contribution in [2.75, 3.05) is 31.6 Å². The number of ketones is 1. The first-order valence-corrected chi connectivity index (χ1v) is 9.18. The van der Waals surface area contributed by atoms with Gasteiger partial charge in [0.15, 0.2) is 5.78 Å². The van der Waals surface area contributed by atoms with Gasteiger partial charge in [-0.25, -0.2) is 4.99 Å². The Balaban J connectivity index is 1.48. The third kappa shape index (κ3) is 3.11. The van der Waals surface area contributed by atoms with E-state index in [-0.39, 0.29) is 18.2 Å². The second kappa shape index (κ2) is 6.94. The lowest BCUT2D eigenvalue weighted by Crippen LogP contribution is -2.53. The quantitative estimate of drug-likeness (QED) is 0.820. The van der Waals surface area contributed by atoms with Crippen LogP contribution in [0.1, 0.15) is 32.1 Å². The van der Waals surface area contributed by atoms with Crippen LogP contribution < -0.4 is 9.64 Å². The van der Waals surface area contributed by atoms with Crippen LogP contribution in [-0.4, -0.2) is 49.2 Å². The number of hydrogen-bond donors (Lipinski definition) is 0. The highest BCUT2D eigenvalue weighted by atomic mass is 16.5. The molecule has 136 valence electrons. The van der Waals surface area contributed by atoms with Gasteiger partial charge in [-0.2, -0.15) is 0 Å². The van der Waals surface area contributed by atoms with Gasteiger partial charge in [0, 0.05) is 30.0 Å². The molecular formula is C20H23N3O3. The number of Topliss-reactive ketones (excluding diaryl/α,β-unsaturated/α-hetero) is 1. The lowest BCUT2D eigenvalue weighted by Gasteiger charge is -2.37. The monoisotopic (exact) mass is 353 g/mol. The SMILES string of the molecule is COc1ccc(N2CCN(C3=NC4=C(CCCC4)C(=O)C3)CC2=O)cc1. The number of allylic oxidation sites excluding steroid dienone is 2. The van der Waals surface area contributed by atoms with Crippen molar-refractivity contribution >= 4 is 23.2 Å². The molecule has 2 heterocycles. The fraction of sp³-hybridized carbons (Fsp3) is 0.450. The van der Waals surface area contributed by atoms with Crippen LogP contribution >= 0.6 is 0 Å². The van der Waals surface area contributed by atoms with Crippen LogP contribution in [0, 0.1) is 0 Å². The Morgan fingerprint density at radius 3 is 2.54 bits per heavy atom. The van der Waals surface area contributed by atoms with Crippen molar-refractivity contribution in [2.45, 2.75) is 32.1 Å². The summed E-state index contributed by atoms with van der Waals surface area (Å²) >= 11 is 0. The minimum atomic E-state index is 0.0278. The van der Waals surface area contributed by atoms with Crippen molar-refractivity contribution in [3.8, 4) is 5.75 Å². The molecule has 2 aliphatic heterocycles. The zero-order valence-corrected chi connectivity index (χ0v) is 15.0. The predicted molar refractivity (Wildman–Crippen MR) is 99.5 cm³/mol. The van der Waals surface area contributed by atoms with Gasteiger partial charge < -0.3 is 14.5 Å². The lowest BCUT2D eigenvalue weighted by molar-refractivity contribution is -0.120. The molecule has 0 saturated carbocycles. The van der Waals surface area contributed by atoms with E-state index in [9.17, 15) is 9.59 Å². The van der Waals surface area contributed by atoms with E-state index >= 15 is 0 Å². The Bertz CT molecular complexity index is 795. The fourth-order valence-electron chi connectivity index (χ4n) is 3.87. The molecule has 1 aliphatic carbocycles. The summed E-state index contributed by atoms with van der Waals surface area (Å²) in [7, 11) is 1.62. The maximum Gasteiger partial charge on any atom is 0.246 e. The highest BCUT2D eigenvalue weighted by Gasteiger charge is 2.31. The number of nitrogens with zero attached hydrogens (tertiary/aromatic N) is 3. The number of piperazine rings is 1. The number of carbonyl (C=O) groups is 2. The van der Waals surface area contributed by atoms with Crippen LogP contribution in [0.25, 0.3) is 0 Å². The Morgan fingerprint density at radius 2 is 1.81 bits per heavy atom. The van der Waals surface area contributed by atoms with Gasteiger partial charge in [-0.3, -0.25) is 9.59 Å². The molecule has 1 fully saturated rings. The van der Waals surface area contributed by atoms with Crippen molar-refractivity contribution in [3.05, 3.63) is 35.5 Å². The Labute approximate surface area is 153 Å². The number of benzene rings is 1. The number of rotatable bonds is 2. The fourth-order valence-corrected chi connectivity index (χ4v) is 3.87. The number of amides is 1. The standard InChI is InChI=1S/C20H23N3O3/c1-26-15-8-6-14(7-9-15)23-11-10-22(13-20(23)25)19-12-18(24)16-4-2-3-5-17(16)21-19/h6-9H,2-5,10-13H2,1H3. The first-order chi connectivity index (χ1) is 12.7. The number of methoxy groups -OCH3 is 1. The molecule has 0 unspecified atom stereocenters. The molecule has 1 aromatic carbocycles. The van der Waals surface area contributed by atoms with Crippen molar-refractivity contribution < 1.29 is 14.3 Å². The Kier molecular flexibility index (Phi) is 4.49. The van der Waals surface area contributed by atoms with Gasteiger partial charge in [0.1, 0.15) is 11.6 Å². The van der Waals surface area contributed by atoms with Crippen LogP contribution in [0.4, 0.5) is 5.69 Å². The molecule has 4 rings (SSSR count). The van der Waals surface area contributed by atoms with Gasteiger partial charge in [0.05, 0.1) is 20.1 Å². The van der Waals surface area contributed by atoms with E-state index in [4.69, 9.17) is 9.73 Å². The second-order valence-electron chi connectivity index (χ2n) is 6.93. The summed E-state index contributed by atoms with van der Waals surface area (Å²) < 4.78 is 5.17. The van der Waals surface area contributed by atoms with Gasteiger partial charge in [0.2, 0.25) is 5.91 Å². The van der Waals surface area contributed by atoms with Gasteiger partial charge in [-0.15, -0.1) is 0 Å². The minimum absolute atomic E-state index is 0.0278. The maximum absolute atomic E-state index is 12.7. The van der Waals surface area contributed by atoms with Crippen molar-refractivity contribution in [1.29, 1.82) is 0 Å². The molecule has 0 N–H and O–H groups in total. The summed E-state index contributed by atoms with van der Waals surface area (Å²) in [6.45, 7) is 1.54. The Hall–Kier alpha value is -2.63. The van der Waals surface area contributed by atoms with Gasteiger partial charge in [0.25, 0.3) is 0 Å². The maximum atomic E-state index is 12.7. The zero-order valence-electron chi connectivity index (χ0n) is 15.0. The third-order valence-electron chi connectivity index (χ3n) is 5.33. The van der Waals surface area contributed by atoms with Crippen LogP contribution in [0.5, 0.6) is 5.75 Å². The summed E-state index contributed by atoms with van der Waals surface area (Å²) in [4.78, 5) is 33.6. The van der Waals surface area contributed by atoms with Crippen LogP contribution in [0.3, 0.4) is 0 Å². The average Bonchev–Trinajstić information content (AvgIpc) is 2.68.